The minimum Gasteiger partial charge on any atom is -0.384 e. The van der Waals surface area contributed by atoms with Crippen LogP contribution in [-0.2, 0) is 13.0 Å². The molecule has 0 atom stereocenters. The van der Waals surface area contributed by atoms with Crippen LogP contribution >= 0.6 is 0 Å². The van der Waals surface area contributed by atoms with E-state index in [1.165, 1.54) is 16.8 Å². The second-order valence-corrected chi connectivity index (χ2v) is 3.54. The number of hydrogen-bond acceptors (Lipinski definition) is 3. The van der Waals surface area contributed by atoms with E-state index in [0.717, 1.165) is 19.5 Å². The minimum absolute atomic E-state index is 0.824. The molecule has 0 unspecified atom stereocenters. The maximum Gasteiger partial charge on any atom is 0.0379 e. The Morgan fingerprint density at radius 2 is 2.38 bits per heavy atom. The van der Waals surface area contributed by atoms with Gasteiger partial charge in [0.2, 0.25) is 0 Å². The van der Waals surface area contributed by atoms with Gasteiger partial charge < -0.3 is 5.32 Å². The summed E-state index contributed by atoms with van der Waals surface area (Å²) in [7, 11) is 1.89. The number of anilines is 1. The van der Waals surface area contributed by atoms with Gasteiger partial charge in [0.25, 0.3) is 0 Å². The lowest BCUT2D eigenvalue weighted by atomic mass is 10.1. The number of hydrazine groups is 1. The number of nitrogens with two attached hydrogens (primary N) is 1. The van der Waals surface area contributed by atoms with Crippen molar-refractivity contribution in [3.05, 3.63) is 29.3 Å². The minimum atomic E-state index is 0.824. The first-order chi connectivity index (χ1) is 6.27. The average Bonchev–Trinajstić information content (AvgIpc) is 2.51. The number of nitrogens with one attached hydrogen (secondary N) is 1. The maximum absolute atomic E-state index is 5.63. The molecular weight excluding hydrogens is 162 g/mol. The second kappa shape index (κ2) is 3.36. The Labute approximate surface area is 78.5 Å². The zero-order valence-electron chi connectivity index (χ0n) is 7.88. The molecule has 1 aromatic carbocycles. The Hall–Kier alpha value is -1.06. The normalized spacial score (nSPS) is 14.4. The Kier molecular flexibility index (Phi) is 2.20. The third kappa shape index (κ3) is 1.66. The number of fused-ring (bicyclic) bond motifs is 1. The van der Waals surface area contributed by atoms with E-state index in [9.17, 15) is 0 Å². The van der Waals surface area contributed by atoms with Gasteiger partial charge in [-0.05, 0) is 23.6 Å². The molecule has 1 aliphatic heterocycles. The molecule has 1 aromatic rings. The summed E-state index contributed by atoms with van der Waals surface area (Å²) < 4.78 is 0. The molecule has 0 bridgehead atoms. The van der Waals surface area contributed by atoms with Crippen molar-refractivity contribution in [3.63, 3.8) is 0 Å². The highest BCUT2D eigenvalue weighted by molar-refractivity contribution is 5.58. The van der Waals surface area contributed by atoms with Crippen LogP contribution in [-0.4, -0.2) is 18.6 Å². The van der Waals surface area contributed by atoms with Crippen molar-refractivity contribution in [2.45, 2.75) is 13.0 Å². The van der Waals surface area contributed by atoms with Gasteiger partial charge in [-0.15, -0.1) is 0 Å². The fourth-order valence-corrected chi connectivity index (χ4v) is 1.83. The average molecular weight is 177 g/mol. The molecule has 1 heterocycles. The van der Waals surface area contributed by atoms with Crippen LogP contribution < -0.4 is 11.2 Å². The van der Waals surface area contributed by atoms with Crippen molar-refractivity contribution in [1.29, 1.82) is 0 Å². The molecule has 13 heavy (non-hydrogen) atoms. The molecule has 3 nitrogen and oxygen atoms in total. The fourth-order valence-electron chi connectivity index (χ4n) is 1.83. The summed E-state index contributed by atoms with van der Waals surface area (Å²) in [5.41, 5.74) is 4.05. The van der Waals surface area contributed by atoms with Crippen molar-refractivity contribution in [1.82, 2.24) is 5.01 Å². The van der Waals surface area contributed by atoms with Gasteiger partial charge in [-0.3, -0.25) is 5.84 Å². The van der Waals surface area contributed by atoms with Gasteiger partial charge >= 0.3 is 0 Å². The highest BCUT2D eigenvalue weighted by Gasteiger charge is 2.13. The SMILES string of the molecule is CN(N)Cc1cccc2c1CCN2. The Balaban J connectivity index is 2.30. The summed E-state index contributed by atoms with van der Waals surface area (Å²) in [5, 5.41) is 5.07. The Bertz CT molecular complexity index is 307. The predicted molar refractivity (Wildman–Crippen MR) is 54.3 cm³/mol. The monoisotopic (exact) mass is 177 g/mol. The van der Waals surface area contributed by atoms with Crippen LogP contribution in [0.4, 0.5) is 5.69 Å². The van der Waals surface area contributed by atoms with Crippen LogP contribution in [0.1, 0.15) is 11.1 Å². The van der Waals surface area contributed by atoms with Crippen molar-refractivity contribution in [2.75, 3.05) is 18.9 Å². The zero-order valence-corrected chi connectivity index (χ0v) is 7.88. The largest absolute Gasteiger partial charge is 0.384 e. The molecule has 0 radical (unpaired) electrons. The van der Waals surface area contributed by atoms with Gasteiger partial charge in [-0.2, -0.15) is 0 Å². The van der Waals surface area contributed by atoms with Crippen molar-refractivity contribution in [3.8, 4) is 0 Å². The van der Waals surface area contributed by atoms with E-state index in [4.69, 9.17) is 5.84 Å². The molecule has 0 fully saturated rings. The van der Waals surface area contributed by atoms with Crippen LogP contribution in [0, 0.1) is 0 Å². The summed E-state index contributed by atoms with van der Waals surface area (Å²) in [6.07, 6.45) is 1.12. The van der Waals surface area contributed by atoms with E-state index in [1.54, 1.807) is 5.01 Å². The van der Waals surface area contributed by atoms with Gasteiger partial charge in [0.1, 0.15) is 0 Å². The summed E-state index contributed by atoms with van der Waals surface area (Å²) in [6, 6.07) is 6.35. The molecule has 2 rings (SSSR count). The van der Waals surface area contributed by atoms with E-state index in [0.29, 0.717) is 0 Å². The molecular formula is C10H15N3. The molecule has 1 aliphatic rings. The van der Waals surface area contributed by atoms with Crippen molar-refractivity contribution in [2.24, 2.45) is 5.84 Å². The fraction of sp³-hybridized carbons (Fsp3) is 0.400. The molecule has 0 aromatic heterocycles. The number of benzene rings is 1. The van der Waals surface area contributed by atoms with Crippen molar-refractivity contribution >= 4 is 5.69 Å². The first-order valence-electron chi connectivity index (χ1n) is 4.58. The maximum atomic E-state index is 5.63. The predicted octanol–water partition coefficient (Wildman–Crippen LogP) is 0.960. The third-order valence-corrected chi connectivity index (χ3v) is 2.38. The molecule has 0 spiro atoms. The summed E-state index contributed by atoms with van der Waals surface area (Å²) in [6.45, 7) is 1.88. The van der Waals surface area contributed by atoms with Crippen LogP contribution in [0.15, 0.2) is 18.2 Å². The van der Waals surface area contributed by atoms with E-state index in [-0.39, 0.29) is 0 Å². The summed E-state index contributed by atoms with van der Waals surface area (Å²) in [4.78, 5) is 0. The van der Waals surface area contributed by atoms with Gasteiger partial charge in [-0.1, -0.05) is 12.1 Å². The highest BCUT2D eigenvalue weighted by Crippen LogP contribution is 2.25. The van der Waals surface area contributed by atoms with Gasteiger partial charge in [-0.25, -0.2) is 5.01 Å². The van der Waals surface area contributed by atoms with E-state index in [1.807, 2.05) is 7.05 Å². The van der Waals surface area contributed by atoms with Gasteiger partial charge in [0.05, 0.1) is 0 Å². The molecule has 3 heteroatoms. The zero-order chi connectivity index (χ0) is 9.26. The lowest BCUT2D eigenvalue weighted by Gasteiger charge is -2.12. The Morgan fingerprint density at radius 3 is 3.15 bits per heavy atom. The van der Waals surface area contributed by atoms with Gasteiger partial charge in [0, 0.05) is 25.8 Å². The molecule has 0 aliphatic carbocycles. The van der Waals surface area contributed by atoms with Crippen LogP contribution in [0.3, 0.4) is 0 Å². The number of nitrogens with zero attached hydrogens (tertiary/aromatic N) is 1. The third-order valence-electron chi connectivity index (χ3n) is 2.38. The molecule has 0 saturated heterocycles. The lowest BCUT2D eigenvalue weighted by molar-refractivity contribution is 0.341. The second-order valence-electron chi connectivity index (χ2n) is 3.54. The standard InChI is InChI=1S/C10H15N3/c1-13(11)7-8-3-2-4-10-9(8)5-6-12-10/h2-4,12H,5-7,11H2,1H3. The smallest absolute Gasteiger partial charge is 0.0379 e. The number of hydrogen-bond donors (Lipinski definition) is 2. The van der Waals surface area contributed by atoms with E-state index >= 15 is 0 Å². The Morgan fingerprint density at radius 1 is 1.54 bits per heavy atom. The number of rotatable bonds is 2. The van der Waals surface area contributed by atoms with Crippen LogP contribution in [0.2, 0.25) is 0 Å². The molecule has 70 valence electrons. The van der Waals surface area contributed by atoms with Gasteiger partial charge in [0.15, 0.2) is 0 Å². The van der Waals surface area contributed by atoms with Crippen LogP contribution in [0.25, 0.3) is 0 Å². The summed E-state index contributed by atoms with van der Waals surface area (Å²) >= 11 is 0. The quantitative estimate of drug-likeness (QED) is 0.522. The topological polar surface area (TPSA) is 41.3 Å². The molecule has 3 N–H and O–H groups in total. The van der Waals surface area contributed by atoms with E-state index < -0.39 is 0 Å². The molecule has 0 saturated carbocycles. The summed E-state index contributed by atoms with van der Waals surface area (Å²) in [5.74, 6) is 5.63. The van der Waals surface area contributed by atoms with E-state index in [2.05, 4.69) is 23.5 Å². The highest BCUT2D eigenvalue weighted by atomic mass is 15.4. The van der Waals surface area contributed by atoms with Crippen LogP contribution in [0.5, 0.6) is 0 Å². The molecule has 0 amide bonds. The lowest BCUT2D eigenvalue weighted by Crippen LogP contribution is -2.25. The first-order valence-corrected chi connectivity index (χ1v) is 4.58. The first kappa shape index (κ1) is 8.53. The van der Waals surface area contributed by atoms with Crippen molar-refractivity contribution < 1.29 is 0 Å².